The zero-order valence-electron chi connectivity index (χ0n) is 8.87. The zero-order valence-corrected chi connectivity index (χ0v) is 8.87. The molecule has 0 radical (unpaired) electrons. The lowest BCUT2D eigenvalue weighted by atomic mass is 10.0. The molecule has 0 fully saturated rings. The van der Waals surface area contributed by atoms with E-state index < -0.39 is 0 Å². The molecule has 0 atom stereocenters. The van der Waals surface area contributed by atoms with Gasteiger partial charge in [0.1, 0.15) is 5.58 Å². The number of fused-ring (bicyclic) bond motifs is 1. The molecule has 0 aliphatic carbocycles. The molecule has 0 amide bonds. The lowest BCUT2D eigenvalue weighted by Gasteiger charge is -2.07. The van der Waals surface area contributed by atoms with Gasteiger partial charge in [-0.1, -0.05) is 20.8 Å². The largest absolute Gasteiger partial charge is 0.464 e. The normalized spacial score (nSPS) is 11.4. The van der Waals surface area contributed by atoms with E-state index in [4.69, 9.17) is 4.42 Å². The van der Waals surface area contributed by atoms with Gasteiger partial charge in [0.05, 0.1) is 12.0 Å². The van der Waals surface area contributed by atoms with Crippen LogP contribution in [0.4, 0.5) is 0 Å². The molecule has 2 heteroatoms. The van der Waals surface area contributed by atoms with Gasteiger partial charge in [-0.25, -0.2) is 0 Å². The summed E-state index contributed by atoms with van der Waals surface area (Å²) in [6.45, 7) is 6.43. The van der Waals surface area contributed by atoms with Crippen molar-refractivity contribution in [3.05, 3.63) is 29.8 Å². The Morgan fingerprint density at radius 3 is 2.86 bits per heavy atom. The first kappa shape index (κ1) is 9.25. The summed E-state index contributed by atoms with van der Waals surface area (Å²) in [5.41, 5.74) is 3.33. The van der Waals surface area contributed by atoms with E-state index in [9.17, 15) is 0 Å². The van der Waals surface area contributed by atoms with E-state index in [2.05, 4.69) is 25.8 Å². The first-order valence-electron chi connectivity index (χ1n) is 5.09. The fourth-order valence-corrected chi connectivity index (χ4v) is 1.75. The van der Waals surface area contributed by atoms with Crippen molar-refractivity contribution < 1.29 is 4.42 Å². The molecule has 74 valence electrons. The molecule has 0 unspecified atom stereocenters. The molecule has 0 aromatic carbocycles. The summed E-state index contributed by atoms with van der Waals surface area (Å²) in [7, 11) is 0. The van der Waals surface area contributed by atoms with Gasteiger partial charge in [-0.2, -0.15) is 0 Å². The van der Waals surface area contributed by atoms with E-state index in [1.54, 1.807) is 6.26 Å². The molecule has 0 spiro atoms. The molecule has 0 aliphatic heterocycles. The molecule has 2 rings (SSSR count). The van der Waals surface area contributed by atoms with Crippen LogP contribution in [0.1, 0.15) is 37.9 Å². The van der Waals surface area contributed by atoms with Crippen molar-refractivity contribution in [1.82, 2.24) is 4.98 Å². The van der Waals surface area contributed by atoms with Crippen LogP contribution in [0.2, 0.25) is 0 Å². The van der Waals surface area contributed by atoms with Gasteiger partial charge in [0.15, 0.2) is 0 Å². The molecule has 0 aliphatic rings. The number of aromatic nitrogens is 1. The van der Waals surface area contributed by atoms with Gasteiger partial charge >= 0.3 is 0 Å². The monoisotopic (exact) mass is 189 g/mol. The first-order valence-corrected chi connectivity index (χ1v) is 5.09. The van der Waals surface area contributed by atoms with Gasteiger partial charge in [0, 0.05) is 17.1 Å². The maximum atomic E-state index is 5.49. The number of aryl methyl sites for hydroxylation is 1. The lowest BCUT2D eigenvalue weighted by molar-refractivity contribution is 0.610. The molecular weight excluding hydrogens is 174 g/mol. The molecular formula is C12H15NO. The van der Waals surface area contributed by atoms with Crippen molar-refractivity contribution in [2.75, 3.05) is 0 Å². The predicted molar refractivity (Wildman–Crippen MR) is 57.5 cm³/mol. The molecule has 0 saturated heterocycles. The van der Waals surface area contributed by atoms with Crippen LogP contribution in [0.25, 0.3) is 11.0 Å². The minimum absolute atomic E-state index is 0.445. The van der Waals surface area contributed by atoms with Gasteiger partial charge in [0.25, 0.3) is 0 Å². The Labute approximate surface area is 84.0 Å². The maximum absolute atomic E-state index is 5.49. The minimum atomic E-state index is 0.445. The average molecular weight is 189 g/mol. The number of hydrogen-bond donors (Lipinski definition) is 0. The van der Waals surface area contributed by atoms with Crippen LogP contribution in [0.5, 0.6) is 0 Å². The van der Waals surface area contributed by atoms with Crippen molar-refractivity contribution in [2.24, 2.45) is 0 Å². The van der Waals surface area contributed by atoms with Crippen molar-refractivity contribution in [2.45, 2.75) is 33.1 Å². The molecule has 2 heterocycles. The second-order valence-corrected chi connectivity index (χ2v) is 3.84. The van der Waals surface area contributed by atoms with Gasteiger partial charge in [-0.05, 0) is 18.4 Å². The second-order valence-electron chi connectivity index (χ2n) is 3.84. The van der Waals surface area contributed by atoms with Crippen LogP contribution in [0.15, 0.2) is 22.9 Å². The Hall–Kier alpha value is -1.31. The number of hydrogen-bond acceptors (Lipinski definition) is 2. The summed E-state index contributed by atoms with van der Waals surface area (Å²) in [5, 5.41) is 1.17. The Morgan fingerprint density at radius 1 is 1.43 bits per heavy atom. The van der Waals surface area contributed by atoms with Gasteiger partial charge in [0.2, 0.25) is 0 Å². The van der Waals surface area contributed by atoms with Crippen LogP contribution in [-0.2, 0) is 6.42 Å². The third-order valence-electron chi connectivity index (χ3n) is 2.52. The fourth-order valence-electron chi connectivity index (χ4n) is 1.75. The molecule has 0 saturated carbocycles. The highest BCUT2D eigenvalue weighted by Crippen LogP contribution is 2.26. The summed E-state index contributed by atoms with van der Waals surface area (Å²) >= 11 is 0. The third kappa shape index (κ3) is 1.31. The van der Waals surface area contributed by atoms with E-state index >= 15 is 0 Å². The van der Waals surface area contributed by atoms with Gasteiger partial charge < -0.3 is 4.42 Å². The van der Waals surface area contributed by atoms with E-state index in [1.807, 2.05) is 12.3 Å². The van der Waals surface area contributed by atoms with E-state index in [-0.39, 0.29) is 0 Å². The summed E-state index contributed by atoms with van der Waals surface area (Å²) < 4.78 is 5.49. The van der Waals surface area contributed by atoms with Crippen LogP contribution < -0.4 is 0 Å². The number of pyridine rings is 1. The van der Waals surface area contributed by atoms with Crippen molar-refractivity contribution >= 4 is 11.0 Å². The SMILES string of the molecule is CCc1cnc(C(C)C)c2ccoc12. The summed E-state index contributed by atoms with van der Waals surface area (Å²) in [6.07, 6.45) is 4.65. The van der Waals surface area contributed by atoms with Crippen LogP contribution in [0.3, 0.4) is 0 Å². The van der Waals surface area contributed by atoms with Crippen molar-refractivity contribution in [3.8, 4) is 0 Å². The Bertz CT molecular complexity index is 443. The highest BCUT2D eigenvalue weighted by Gasteiger charge is 2.11. The van der Waals surface area contributed by atoms with Crippen LogP contribution in [-0.4, -0.2) is 4.98 Å². The van der Waals surface area contributed by atoms with Crippen LogP contribution in [0, 0.1) is 0 Å². The Balaban J connectivity index is 2.72. The van der Waals surface area contributed by atoms with Crippen LogP contribution >= 0.6 is 0 Å². The third-order valence-corrected chi connectivity index (χ3v) is 2.52. The number of furan rings is 1. The quantitative estimate of drug-likeness (QED) is 0.722. The Morgan fingerprint density at radius 2 is 2.21 bits per heavy atom. The molecule has 2 nitrogen and oxygen atoms in total. The minimum Gasteiger partial charge on any atom is -0.464 e. The first-order chi connectivity index (χ1) is 6.74. The summed E-state index contributed by atoms with van der Waals surface area (Å²) in [5.74, 6) is 0.445. The maximum Gasteiger partial charge on any atom is 0.140 e. The molecule has 2 aromatic rings. The smallest absolute Gasteiger partial charge is 0.140 e. The number of nitrogens with zero attached hydrogens (tertiary/aromatic N) is 1. The standard InChI is InChI=1S/C12H15NO/c1-4-9-7-13-11(8(2)3)10-5-6-14-12(9)10/h5-8H,4H2,1-3H3. The van der Waals surface area contributed by atoms with Gasteiger partial charge in [-0.3, -0.25) is 4.98 Å². The van der Waals surface area contributed by atoms with Gasteiger partial charge in [-0.15, -0.1) is 0 Å². The Kier molecular flexibility index (Phi) is 2.28. The summed E-state index contributed by atoms with van der Waals surface area (Å²) in [6, 6.07) is 2.01. The zero-order chi connectivity index (χ0) is 10.1. The molecule has 2 aromatic heterocycles. The highest BCUT2D eigenvalue weighted by atomic mass is 16.3. The number of rotatable bonds is 2. The van der Waals surface area contributed by atoms with E-state index in [0.29, 0.717) is 5.92 Å². The van der Waals surface area contributed by atoms with E-state index in [0.717, 1.165) is 17.7 Å². The van der Waals surface area contributed by atoms with Crippen molar-refractivity contribution in [1.29, 1.82) is 0 Å². The lowest BCUT2D eigenvalue weighted by Crippen LogP contribution is -1.95. The van der Waals surface area contributed by atoms with Crippen molar-refractivity contribution in [3.63, 3.8) is 0 Å². The summed E-state index contributed by atoms with van der Waals surface area (Å²) in [4.78, 5) is 4.49. The topological polar surface area (TPSA) is 26.0 Å². The molecule has 0 bridgehead atoms. The molecule has 14 heavy (non-hydrogen) atoms. The highest BCUT2D eigenvalue weighted by molar-refractivity contribution is 5.82. The predicted octanol–water partition coefficient (Wildman–Crippen LogP) is 3.51. The fraction of sp³-hybridized carbons (Fsp3) is 0.417. The average Bonchev–Trinajstić information content (AvgIpc) is 2.64. The van der Waals surface area contributed by atoms with E-state index in [1.165, 1.54) is 10.9 Å². The molecule has 0 N–H and O–H groups in total. The second kappa shape index (κ2) is 3.45.